The molecule has 2 fully saturated rings. The van der Waals surface area contributed by atoms with Gasteiger partial charge in [-0.3, -0.25) is 9.89 Å². The van der Waals surface area contributed by atoms with Crippen LogP contribution in [0.15, 0.2) is 24.4 Å². The highest BCUT2D eigenvalue weighted by Gasteiger charge is 2.35. The second-order valence-electron chi connectivity index (χ2n) is 7.25. The van der Waals surface area contributed by atoms with E-state index in [9.17, 15) is 4.79 Å². The summed E-state index contributed by atoms with van der Waals surface area (Å²) in [5.41, 5.74) is 1.87. The number of hydrogen-bond acceptors (Lipinski definition) is 6. The lowest BCUT2D eigenvalue weighted by atomic mass is 10.2. The summed E-state index contributed by atoms with van der Waals surface area (Å²) in [7, 11) is 0. The van der Waals surface area contributed by atoms with Gasteiger partial charge in [0.2, 0.25) is 11.9 Å². The predicted octanol–water partition coefficient (Wildman–Crippen LogP) is 1.56. The molecule has 1 aliphatic heterocycles. The molecule has 2 aliphatic rings. The molecule has 2 N–H and O–H groups in total. The van der Waals surface area contributed by atoms with Crippen LogP contribution in [0.1, 0.15) is 18.5 Å². The van der Waals surface area contributed by atoms with Gasteiger partial charge in [0, 0.05) is 50.1 Å². The summed E-state index contributed by atoms with van der Waals surface area (Å²) in [5.74, 6) is 2.69. The summed E-state index contributed by atoms with van der Waals surface area (Å²) in [4.78, 5) is 21.1. The molecule has 140 valence electrons. The van der Waals surface area contributed by atoms with E-state index in [-0.39, 0.29) is 5.92 Å². The summed E-state index contributed by atoms with van der Waals surface area (Å²) in [6, 6.07) is 5.85. The summed E-state index contributed by atoms with van der Waals surface area (Å²) < 4.78 is 1.83. The molecule has 4 heterocycles. The minimum atomic E-state index is 0.275. The molecular weight excluding hydrogens is 344 g/mol. The lowest BCUT2D eigenvalue weighted by molar-refractivity contribution is -0.132. The third kappa shape index (κ3) is 3.09. The van der Waals surface area contributed by atoms with Crippen LogP contribution in [0.25, 0.3) is 5.52 Å². The Hall–Kier alpha value is -3.10. The van der Waals surface area contributed by atoms with Crippen LogP contribution in [0, 0.1) is 12.8 Å². The van der Waals surface area contributed by atoms with Gasteiger partial charge >= 0.3 is 0 Å². The molecule has 1 amide bonds. The number of carbonyl (C=O) groups is 1. The van der Waals surface area contributed by atoms with Crippen LogP contribution in [0.5, 0.6) is 0 Å². The Kier molecular flexibility index (Phi) is 3.73. The molecule has 0 unspecified atom stereocenters. The highest BCUT2D eigenvalue weighted by atomic mass is 16.2. The Bertz CT molecular complexity index is 980. The van der Waals surface area contributed by atoms with Crippen LogP contribution in [-0.2, 0) is 4.79 Å². The highest BCUT2D eigenvalue weighted by molar-refractivity contribution is 5.81. The largest absolute Gasteiger partial charge is 0.339 e. The summed E-state index contributed by atoms with van der Waals surface area (Å²) in [5, 5.41) is 15.1. The number of hydrogen-bond donors (Lipinski definition) is 2. The second-order valence-corrected chi connectivity index (χ2v) is 7.25. The molecular formula is C18H22N8O. The van der Waals surface area contributed by atoms with Gasteiger partial charge in [-0.15, -0.1) is 5.10 Å². The lowest BCUT2D eigenvalue weighted by Crippen LogP contribution is -2.49. The van der Waals surface area contributed by atoms with E-state index in [1.807, 2.05) is 40.7 Å². The molecule has 1 saturated carbocycles. The highest BCUT2D eigenvalue weighted by Crippen LogP contribution is 2.31. The predicted molar refractivity (Wildman–Crippen MR) is 101 cm³/mol. The van der Waals surface area contributed by atoms with Crippen molar-refractivity contribution in [1.82, 2.24) is 29.7 Å². The van der Waals surface area contributed by atoms with Crippen molar-refractivity contribution in [1.29, 1.82) is 0 Å². The van der Waals surface area contributed by atoms with Crippen LogP contribution in [0.3, 0.4) is 0 Å². The van der Waals surface area contributed by atoms with Crippen molar-refractivity contribution in [2.75, 3.05) is 36.4 Å². The molecule has 27 heavy (non-hydrogen) atoms. The monoisotopic (exact) mass is 366 g/mol. The number of nitrogens with zero attached hydrogens (tertiary/aromatic N) is 6. The van der Waals surface area contributed by atoms with Crippen molar-refractivity contribution >= 4 is 29.0 Å². The normalized spacial score (nSPS) is 17.5. The third-order valence-corrected chi connectivity index (χ3v) is 5.13. The average Bonchev–Trinajstić information content (AvgIpc) is 3.28. The first kappa shape index (κ1) is 16.1. The first-order chi connectivity index (χ1) is 13.2. The number of aryl methyl sites for hydroxylation is 1. The summed E-state index contributed by atoms with van der Waals surface area (Å²) in [6.45, 7) is 4.89. The van der Waals surface area contributed by atoms with Gasteiger partial charge in [-0.1, -0.05) is 0 Å². The molecule has 9 nitrogen and oxygen atoms in total. The van der Waals surface area contributed by atoms with Crippen LogP contribution < -0.4 is 10.2 Å². The number of amides is 1. The lowest BCUT2D eigenvalue weighted by Gasteiger charge is -2.34. The number of piperazine rings is 1. The minimum absolute atomic E-state index is 0.275. The second kappa shape index (κ2) is 6.26. The number of anilines is 3. The van der Waals surface area contributed by atoms with Crippen molar-refractivity contribution in [2.45, 2.75) is 19.8 Å². The molecule has 5 rings (SSSR count). The fraction of sp³-hybridized carbons (Fsp3) is 0.444. The maximum atomic E-state index is 12.3. The topological polar surface area (TPSA) is 94.5 Å². The molecule has 0 radical (unpaired) electrons. The van der Waals surface area contributed by atoms with E-state index in [0.29, 0.717) is 17.7 Å². The number of nitrogens with one attached hydrogen (secondary N) is 2. The van der Waals surface area contributed by atoms with Crippen molar-refractivity contribution < 1.29 is 4.79 Å². The Morgan fingerprint density at radius 2 is 2.07 bits per heavy atom. The molecule has 3 aromatic rings. The van der Waals surface area contributed by atoms with Gasteiger partial charge in [-0.05, 0) is 31.9 Å². The first-order valence-corrected chi connectivity index (χ1v) is 9.35. The number of carbonyl (C=O) groups excluding carboxylic acids is 1. The Labute approximate surface area is 156 Å². The fourth-order valence-corrected chi connectivity index (χ4v) is 3.47. The van der Waals surface area contributed by atoms with E-state index < -0.39 is 0 Å². The van der Waals surface area contributed by atoms with Crippen LogP contribution in [-0.4, -0.2) is 61.8 Å². The van der Waals surface area contributed by atoms with Gasteiger partial charge < -0.3 is 15.1 Å². The molecule has 1 aliphatic carbocycles. The van der Waals surface area contributed by atoms with Gasteiger partial charge in [-0.25, -0.2) is 4.52 Å². The number of H-pyrrole nitrogens is 1. The Morgan fingerprint density at radius 3 is 2.78 bits per heavy atom. The quantitative estimate of drug-likeness (QED) is 0.728. The maximum absolute atomic E-state index is 12.3. The Balaban J connectivity index is 1.38. The van der Waals surface area contributed by atoms with E-state index in [0.717, 1.165) is 56.0 Å². The number of aromatic amines is 1. The van der Waals surface area contributed by atoms with Crippen LogP contribution >= 0.6 is 0 Å². The Morgan fingerprint density at radius 1 is 1.26 bits per heavy atom. The summed E-state index contributed by atoms with van der Waals surface area (Å²) in [6.07, 6.45) is 4.01. The molecule has 0 bridgehead atoms. The molecule has 1 saturated heterocycles. The van der Waals surface area contributed by atoms with Gasteiger partial charge in [-0.2, -0.15) is 10.1 Å². The summed E-state index contributed by atoms with van der Waals surface area (Å²) >= 11 is 0. The van der Waals surface area contributed by atoms with Crippen molar-refractivity contribution in [3.8, 4) is 0 Å². The van der Waals surface area contributed by atoms with Gasteiger partial charge in [0.05, 0.1) is 0 Å². The van der Waals surface area contributed by atoms with Crippen molar-refractivity contribution in [3.63, 3.8) is 0 Å². The van der Waals surface area contributed by atoms with E-state index in [1.54, 1.807) is 0 Å². The zero-order valence-corrected chi connectivity index (χ0v) is 15.2. The molecule has 3 aromatic heterocycles. The first-order valence-electron chi connectivity index (χ1n) is 9.35. The fourth-order valence-electron chi connectivity index (χ4n) is 3.47. The van der Waals surface area contributed by atoms with Crippen molar-refractivity contribution in [3.05, 3.63) is 30.1 Å². The minimum Gasteiger partial charge on any atom is -0.339 e. The van der Waals surface area contributed by atoms with Gasteiger partial charge in [0.15, 0.2) is 11.6 Å². The van der Waals surface area contributed by atoms with Crippen molar-refractivity contribution in [2.24, 2.45) is 5.92 Å². The maximum Gasteiger partial charge on any atom is 0.245 e. The van der Waals surface area contributed by atoms with Crippen LogP contribution in [0.4, 0.5) is 17.6 Å². The van der Waals surface area contributed by atoms with E-state index in [4.69, 9.17) is 4.98 Å². The van der Waals surface area contributed by atoms with E-state index in [2.05, 4.69) is 25.5 Å². The number of rotatable bonds is 4. The molecule has 0 atom stereocenters. The number of aromatic nitrogens is 5. The zero-order valence-electron chi connectivity index (χ0n) is 15.2. The number of fused-ring (bicyclic) bond motifs is 1. The van der Waals surface area contributed by atoms with E-state index >= 15 is 0 Å². The van der Waals surface area contributed by atoms with Crippen LogP contribution in [0.2, 0.25) is 0 Å². The SMILES string of the molecule is Cc1cc(Nc2nc(N3CCN(C(=O)C4CC4)CC3)nn3cccc23)n[nH]1. The molecule has 0 aromatic carbocycles. The molecule has 0 spiro atoms. The smallest absolute Gasteiger partial charge is 0.245 e. The zero-order chi connectivity index (χ0) is 18.4. The average molecular weight is 366 g/mol. The molecule has 9 heteroatoms. The van der Waals surface area contributed by atoms with Gasteiger partial charge in [0.25, 0.3) is 0 Å². The van der Waals surface area contributed by atoms with Gasteiger partial charge in [0.1, 0.15) is 5.52 Å². The van der Waals surface area contributed by atoms with E-state index in [1.165, 1.54) is 0 Å². The third-order valence-electron chi connectivity index (χ3n) is 5.13. The standard InChI is InChI=1S/C18H22N8O/c1-12-11-15(22-21-12)19-16-14-3-2-6-26(14)23-18(20-16)25-9-7-24(8-10-25)17(27)13-4-5-13/h2-3,6,11,13H,4-5,7-10H2,1H3,(H2,19,20,21,22,23).